The van der Waals surface area contributed by atoms with E-state index in [-0.39, 0.29) is 10.8 Å². The molecule has 0 aliphatic carbocycles. The van der Waals surface area contributed by atoms with E-state index in [1.54, 1.807) is 55.0 Å². The second kappa shape index (κ2) is 9.01. The molecule has 1 atom stereocenters. The largest absolute Gasteiger partial charge is 0.497 e. The molecular formula is C20H20N2O4S2. The number of amides is 1. The van der Waals surface area contributed by atoms with Crippen LogP contribution in [0.5, 0.6) is 5.75 Å². The summed E-state index contributed by atoms with van der Waals surface area (Å²) in [4.78, 5) is 12.8. The van der Waals surface area contributed by atoms with Gasteiger partial charge in [0, 0.05) is 6.54 Å². The summed E-state index contributed by atoms with van der Waals surface area (Å²) < 4.78 is 33.1. The lowest BCUT2D eigenvalue weighted by atomic mass is 10.1. The van der Waals surface area contributed by atoms with Crippen LogP contribution in [0.3, 0.4) is 0 Å². The summed E-state index contributed by atoms with van der Waals surface area (Å²) in [6.45, 7) is 0.271. The van der Waals surface area contributed by atoms with Gasteiger partial charge in [0.05, 0.1) is 7.11 Å². The molecule has 1 amide bonds. The maximum Gasteiger partial charge on any atom is 0.251 e. The van der Waals surface area contributed by atoms with Gasteiger partial charge >= 0.3 is 0 Å². The Morgan fingerprint density at radius 2 is 1.75 bits per heavy atom. The van der Waals surface area contributed by atoms with Gasteiger partial charge in [-0.25, -0.2) is 8.42 Å². The Hall–Kier alpha value is -2.68. The molecule has 3 rings (SSSR count). The first-order chi connectivity index (χ1) is 13.5. The minimum absolute atomic E-state index is 0.163. The standard InChI is InChI=1S/C20H20N2O4S2/c1-26-17-11-9-15(10-12-17)14-21-20(23)19(16-6-3-2-4-7-16)22-28(24,25)18-8-5-13-27-18/h2-13,19,22H,14H2,1H3,(H,21,23). The number of hydrogen-bond donors (Lipinski definition) is 2. The lowest BCUT2D eigenvalue weighted by Gasteiger charge is -2.18. The van der Waals surface area contributed by atoms with Gasteiger partial charge in [-0.3, -0.25) is 4.79 Å². The normalized spacial score (nSPS) is 12.3. The van der Waals surface area contributed by atoms with E-state index < -0.39 is 22.0 Å². The fraction of sp³-hybridized carbons (Fsp3) is 0.150. The third-order valence-corrected chi connectivity index (χ3v) is 6.87. The van der Waals surface area contributed by atoms with Crippen LogP contribution in [0.25, 0.3) is 0 Å². The summed E-state index contributed by atoms with van der Waals surface area (Å²) >= 11 is 1.10. The average Bonchev–Trinajstić information content (AvgIpc) is 3.27. The highest BCUT2D eigenvalue weighted by Crippen LogP contribution is 2.21. The molecule has 8 heteroatoms. The Labute approximate surface area is 168 Å². The molecule has 28 heavy (non-hydrogen) atoms. The second-order valence-corrected chi connectivity index (χ2v) is 8.85. The van der Waals surface area contributed by atoms with Gasteiger partial charge in [-0.2, -0.15) is 4.72 Å². The molecule has 1 unspecified atom stereocenters. The Bertz CT molecular complexity index is 1000. The highest BCUT2D eigenvalue weighted by atomic mass is 32.2. The molecule has 0 saturated carbocycles. The number of sulfonamides is 1. The van der Waals surface area contributed by atoms with Crippen molar-refractivity contribution in [1.82, 2.24) is 10.0 Å². The van der Waals surface area contributed by atoms with E-state index in [0.717, 1.165) is 22.6 Å². The van der Waals surface area contributed by atoms with Crippen LogP contribution < -0.4 is 14.8 Å². The van der Waals surface area contributed by atoms with Crippen LogP contribution in [-0.2, 0) is 21.4 Å². The van der Waals surface area contributed by atoms with Gasteiger partial charge in [0.2, 0.25) is 5.91 Å². The third kappa shape index (κ3) is 4.98. The molecule has 2 N–H and O–H groups in total. The highest BCUT2D eigenvalue weighted by molar-refractivity contribution is 7.91. The molecule has 1 aromatic heterocycles. The monoisotopic (exact) mass is 416 g/mol. The number of hydrogen-bond acceptors (Lipinski definition) is 5. The number of thiophene rings is 1. The topological polar surface area (TPSA) is 84.5 Å². The summed E-state index contributed by atoms with van der Waals surface area (Å²) in [5.41, 5.74) is 1.44. The van der Waals surface area contributed by atoms with Crippen LogP contribution >= 0.6 is 11.3 Å². The number of carbonyl (C=O) groups excluding carboxylic acids is 1. The van der Waals surface area contributed by atoms with Crippen molar-refractivity contribution in [3.8, 4) is 5.75 Å². The van der Waals surface area contributed by atoms with E-state index in [9.17, 15) is 13.2 Å². The Balaban J connectivity index is 1.77. The van der Waals surface area contributed by atoms with Crippen molar-refractivity contribution in [1.29, 1.82) is 0 Å². The van der Waals surface area contributed by atoms with Gasteiger partial charge in [-0.05, 0) is 34.7 Å². The lowest BCUT2D eigenvalue weighted by molar-refractivity contribution is -0.123. The number of rotatable bonds is 8. The number of ether oxygens (including phenoxy) is 1. The first-order valence-corrected chi connectivity index (χ1v) is 10.9. The van der Waals surface area contributed by atoms with E-state index in [1.165, 1.54) is 6.07 Å². The molecule has 0 fully saturated rings. The number of nitrogens with one attached hydrogen (secondary N) is 2. The zero-order valence-electron chi connectivity index (χ0n) is 15.2. The Morgan fingerprint density at radius 3 is 2.36 bits per heavy atom. The van der Waals surface area contributed by atoms with Gasteiger partial charge in [-0.1, -0.05) is 48.5 Å². The quantitative estimate of drug-likeness (QED) is 0.591. The fourth-order valence-corrected chi connectivity index (χ4v) is 4.78. The van der Waals surface area contributed by atoms with E-state index >= 15 is 0 Å². The van der Waals surface area contributed by atoms with Crippen molar-refractivity contribution in [2.75, 3.05) is 7.11 Å². The van der Waals surface area contributed by atoms with Gasteiger partial charge in [0.15, 0.2) is 0 Å². The van der Waals surface area contributed by atoms with Crippen molar-refractivity contribution >= 4 is 27.3 Å². The molecular weight excluding hydrogens is 396 g/mol. The van der Waals surface area contributed by atoms with Crippen LogP contribution in [-0.4, -0.2) is 21.4 Å². The molecule has 0 saturated heterocycles. The van der Waals surface area contributed by atoms with Gasteiger partial charge in [-0.15, -0.1) is 11.3 Å². The SMILES string of the molecule is COc1ccc(CNC(=O)C(NS(=O)(=O)c2cccs2)c2ccccc2)cc1. The summed E-state index contributed by atoms with van der Waals surface area (Å²) in [7, 11) is -2.23. The maximum absolute atomic E-state index is 12.8. The second-order valence-electron chi connectivity index (χ2n) is 5.96. The predicted octanol–water partition coefficient (Wildman–Crippen LogP) is 3.09. The van der Waals surface area contributed by atoms with Crippen molar-refractivity contribution in [2.24, 2.45) is 0 Å². The summed E-state index contributed by atoms with van der Waals surface area (Å²) in [6, 6.07) is 18.2. The van der Waals surface area contributed by atoms with Crippen LogP contribution in [0, 0.1) is 0 Å². The fourth-order valence-electron chi connectivity index (χ4n) is 2.58. The van der Waals surface area contributed by atoms with Crippen LogP contribution in [0.4, 0.5) is 0 Å². The van der Waals surface area contributed by atoms with Crippen molar-refractivity contribution in [3.05, 3.63) is 83.2 Å². The number of benzene rings is 2. The minimum atomic E-state index is -3.81. The summed E-state index contributed by atoms with van der Waals surface area (Å²) in [6.07, 6.45) is 0. The Kier molecular flexibility index (Phi) is 6.45. The smallest absolute Gasteiger partial charge is 0.251 e. The maximum atomic E-state index is 12.8. The van der Waals surface area contributed by atoms with E-state index in [2.05, 4.69) is 10.0 Å². The molecule has 0 bridgehead atoms. The van der Waals surface area contributed by atoms with E-state index in [0.29, 0.717) is 5.56 Å². The lowest BCUT2D eigenvalue weighted by Crippen LogP contribution is -2.40. The number of carbonyl (C=O) groups is 1. The third-order valence-electron chi connectivity index (χ3n) is 4.05. The van der Waals surface area contributed by atoms with Gasteiger partial charge in [0.1, 0.15) is 16.0 Å². The van der Waals surface area contributed by atoms with Crippen molar-refractivity contribution in [2.45, 2.75) is 16.8 Å². The molecule has 3 aromatic rings. The molecule has 0 radical (unpaired) electrons. The molecule has 0 spiro atoms. The van der Waals surface area contributed by atoms with Crippen molar-refractivity contribution in [3.63, 3.8) is 0 Å². The molecule has 146 valence electrons. The summed E-state index contributed by atoms with van der Waals surface area (Å²) in [5.74, 6) is 0.295. The molecule has 1 heterocycles. The predicted molar refractivity (Wildman–Crippen MR) is 109 cm³/mol. The molecule has 6 nitrogen and oxygen atoms in total. The Morgan fingerprint density at radius 1 is 1.04 bits per heavy atom. The van der Waals surface area contributed by atoms with Crippen LogP contribution in [0.1, 0.15) is 17.2 Å². The first kappa shape index (κ1) is 20.1. The number of methoxy groups -OCH3 is 1. The molecule has 0 aliphatic rings. The molecule has 0 aliphatic heterocycles. The van der Waals surface area contributed by atoms with E-state index in [1.807, 2.05) is 18.2 Å². The van der Waals surface area contributed by atoms with Gasteiger partial charge < -0.3 is 10.1 Å². The van der Waals surface area contributed by atoms with E-state index in [4.69, 9.17) is 4.74 Å². The zero-order valence-corrected chi connectivity index (χ0v) is 16.8. The highest BCUT2D eigenvalue weighted by Gasteiger charge is 2.27. The van der Waals surface area contributed by atoms with Crippen LogP contribution in [0.2, 0.25) is 0 Å². The zero-order chi connectivity index (χ0) is 20.0. The van der Waals surface area contributed by atoms with Crippen molar-refractivity contribution < 1.29 is 17.9 Å². The average molecular weight is 417 g/mol. The molecule has 2 aromatic carbocycles. The van der Waals surface area contributed by atoms with Crippen LogP contribution in [0.15, 0.2) is 76.3 Å². The summed E-state index contributed by atoms with van der Waals surface area (Å²) in [5, 5.41) is 4.48. The first-order valence-electron chi connectivity index (χ1n) is 8.51. The van der Waals surface area contributed by atoms with Gasteiger partial charge in [0.25, 0.3) is 10.0 Å². The minimum Gasteiger partial charge on any atom is -0.497 e.